The first-order valence-electron chi connectivity index (χ1n) is 9.53. The predicted octanol–water partition coefficient (Wildman–Crippen LogP) is 0.908. The zero-order valence-electron chi connectivity index (χ0n) is 15.7. The van der Waals surface area contributed by atoms with Crippen molar-refractivity contribution in [3.05, 3.63) is 22.4 Å². The summed E-state index contributed by atoms with van der Waals surface area (Å²) in [4.78, 5) is 27.8. The summed E-state index contributed by atoms with van der Waals surface area (Å²) in [7, 11) is 2.16. The molecular formula is C19H29N3O4S. The summed E-state index contributed by atoms with van der Waals surface area (Å²) in [5, 5.41) is 21.5. The molecule has 0 radical (unpaired) electrons. The minimum Gasteiger partial charge on any atom is -0.483 e. The highest BCUT2D eigenvalue weighted by molar-refractivity contribution is 7.08. The van der Waals surface area contributed by atoms with Crippen LogP contribution in [0.1, 0.15) is 23.2 Å². The van der Waals surface area contributed by atoms with Gasteiger partial charge < -0.3 is 20.0 Å². The number of likely N-dealkylation sites (N-methyl/N-ethyl adjacent to an activating group) is 1. The smallest absolute Gasteiger partial charge is 0.290 e. The molecule has 8 heteroatoms. The Balaban J connectivity index is 0.000000659. The molecule has 1 aromatic heterocycles. The van der Waals surface area contributed by atoms with Crippen molar-refractivity contribution in [2.45, 2.75) is 25.0 Å². The second-order valence-electron chi connectivity index (χ2n) is 7.79. The Bertz CT molecular complexity index is 618. The van der Waals surface area contributed by atoms with Crippen LogP contribution in [0.5, 0.6) is 0 Å². The lowest BCUT2D eigenvalue weighted by Crippen LogP contribution is -2.55. The first kappa shape index (κ1) is 20.3. The fraction of sp³-hybridized carbons (Fsp3) is 0.684. The van der Waals surface area contributed by atoms with E-state index < -0.39 is 0 Å². The largest absolute Gasteiger partial charge is 0.483 e. The normalized spacial score (nSPS) is 31.7. The highest BCUT2D eigenvalue weighted by Gasteiger charge is 2.44. The third-order valence-electron chi connectivity index (χ3n) is 6.17. The van der Waals surface area contributed by atoms with E-state index >= 15 is 0 Å². The van der Waals surface area contributed by atoms with Gasteiger partial charge in [0.2, 0.25) is 0 Å². The van der Waals surface area contributed by atoms with Crippen LogP contribution in [0.15, 0.2) is 16.8 Å². The number of likely N-dealkylation sites (tertiary alicyclic amines) is 1. The van der Waals surface area contributed by atoms with Gasteiger partial charge in [0.15, 0.2) is 0 Å². The van der Waals surface area contributed by atoms with E-state index in [-0.39, 0.29) is 24.5 Å². The number of hydrogen-bond donors (Lipinski definition) is 2. The predicted molar refractivity (Wildman–Crippen MR) is 104 cm³/mol. The van der Waals surface area contributed by atoms with Crippen molar-refractivity contribution in [1.29, 1.82) is 0 Å². The molecule has 2 saturated heterocycles. The van der Waals surface area contributed by atoms with E-state index in [2.05, 4.69) is 16.8 Å². The minimum atomic E-state index is -0.250. The number of aliphatic hydroxyl groups is 1. The molecule has 0 spiro atoms. The van der Waals surface area contributed by atoms with Crippen LogP contribution in [0.4, 0.5) is 0 Å². The summed E-state index contributed by atoms with van der Waals surface area (Å²) in [6.45, 7) is 5.68. The van der Waals surface area contributed by atoms with Crippen molar-refractivity contribution in [3.8, 4) is 0 Å². The van der Waals surface area contributed by atoms with E-state index in [9.17, 15) is 9.90 Å². The number of piperazine rings is 1. The van der Waals surface area contributed by atoms with E-state index in [0.29, 0.717) is 11.8 Å². The van der Waals surface area contributed by atoms with Gasteiger partial charge in [0.1, 0.15) is 0 Å². The molecule has 2 N–H and O–H groups in total. The fourth-order valence-electron chi connectivity index (χ4n) is 4.69. The number of amides is 1. The molecule has 3 fully saturated rings. The van der Waals surface area contributed by atoms with E-state index in [0.717, 1.165) is 57.7 Å². The van der Waals surface area contributed by atoms with Crippen LogP contribution in [0.25, 0.3) is 0 Å². The average Bonchev–Trinajstić information content (AvgIpc) is 3.31. The first-order chi connectivity index (χ1) is 13.0. The lowest BCUT2D eigenvalue weighted by molar-refractivity contribution is -0.122. The van der Waals surface area contributed by atoms with Gasteiger partial charge in [-0.3, -0.25) is 14.5 Å². The Kier molecular flexibility index (Phi) is 6.86. The highest BCUT2D eigenvalue weighted by atomic mass is 32.1. The lowest BCUT2D eigenvalue weighted by atomic mass is 9.77. The molecule has 4 atom stereocenters. The van der Waals surface area contributed by atoms with E-state index in [1.165, 1.54) is 0 Å². The Morgan fingerprint density at radius 2 is 1.81 bits per heavy atom. The molecular weight excluding hydrogens is 366 g/mol. The number of thiophene rings is 1. The van der Waals surface area contributed by atoms with Crippen LogP contribution >= 0.6 is 11.3 Å². The molecule has 150 valence electrons. The van der Waals surface area contributed by atoms with Crippen LogP contribution in [-0.2, 0) is 4.79 Å². The molecule has 1 saturated carbocycles. The van der Waals surface area contributed by atoms with Gasteiger partial charge in [-0.2, -0.15) is 11.3 Å². The van der Waals surface area contributed by atoms with Gasteiger partial charge in [0, 0.05) is 50.7 Å². The molecule has 4 rings (SSSR count). The monoisotopic (exact) mass is 395 g/mol. The highest BCUT2D eigenvalue weighted by Crippen LogP contribution is 2.39. The molecule has 3 aliphatic rings. The van der Waals surface area contributed by atoms with Gasteiger partial charge in [-0.1, -0.05) is 0 Å². The maximum Gasteiger partial charge on any atom is 0.290 e. The minimum absolute atomic E-state index is 0.163. The number of carboxylic acid groups (broad SMARTS) is 1. The number of fused-ring (bicyclic) bond motifs is 1. The van der Waals surface area contributed by atoms with Gasteiger partial charge in [-0.25, -0.2) is 0 Å². The standard InChI is InChI=1S/C18H27N3O2S.CH2O2/c1-19-3-5-20(6-4-19)16-8-14-10-21(11-15(14)9-17(16)22)18(23)13-2-7-24-12-13;2-1-3/h2,7,12,14-17,22H,3-6,8-11H2,1H3;1H,(H,2,3)/t14-,15+,16-,17-;/m1./s1. The topological polar surface area (TPSA) is 84.3 Å². The van der Waals surface area contributed by atoms with Crippen molar-refractivity contribution >= 4 is 23.7 Å². The summed E-state index contributed by atoms with van der Waals surface area (Å²) in [6.07, 6.45) is 1.63. The zero-order valence-corrected chi connectivity index (χ0v) is 16.6. The number of carbonyl (C=O) groups is 2. The average molecular weight is 396 g/mol. The number of hydrogen-bond acceptors (Lipinski definition) is 6. The van der Waals surface area contributed by atoms with Crippen molar-refractivity contribution in [2.24, 2.45) is 11.8 Å². The van der Waals surface area contributed by atoms with Crippen LogP contribution < -0.4 is 0 Å². The second kappa shape index (κ2) is 9.14. The van der Waals surface area contributed by atoms with E-state index in [1.54, 1.807) is 11.3 Å². The van der Waals surface area contributed by atoms with Crippen molar-refractivity contribution in [2.75, 3.05) is 46.3 Å². The zero-order chi connectivity index (χ0) is 19.4. The van der Waals surface area contributed by atoms with Gasteiger partial charge >= 0.3 is 0 Å². The molecule has 1 aromatic rings. The van der Waals surface area contributed by atoms with E-state index in [1.807, 2.05) is 21.7 Å². The Morgan fingerprint density at radius 1 is 1.19 bits per heavy atom. The number of aliphatic hydroxyl groups excluding tert-OH is 1. The third kappa shape index (κ3) is 4.68. The Labute approximate surface area is 164 Å². The molecule has 27 heavy (non-hydrogen) atoms. The molecule has 1 aliphatic carbocycles. The summed E-state index contributed by atoms with van der Waals surface area (Å²) >= 11 is 1.57. The molecule has 1 amide bonds. The number of carbonyl (C=O) groups excluding carboxylic acids is 1. The quantitative estimate of drug-likeness (QED) is 0.724. The summed E-state index contributed by atoms with van der Waals surface area (Å²) in [5.74, 6) is 1.17. The molecule has 0 bridgehead atoms. The van der Waals surface area contributed by atoms with Gasteiger partial charge in [-0.05, 0) is 43.2 Å². The first-order valence-corrected chi connectivity index (χ1v) is 10.5. The fourth-order valence-corrected chi connectivity index (χ4v) is 5.32. The molecule has 0 aromatic carbocycles. The molecule has 3 heterocycles. The third-order valence-corrected chi connectivity index (χ3v) is 6.85. The van der Waals surface area contributed by atoms with Crippen LogP contribution in [0, 0.1) is 11.8 Å². The van der Waals surface area contributed by atoms with Crippen LogP contribution in [0.3, 0.4) is 0 Å². The lowest BCUT2D eigenvalue weighted by Gasteiger charge is -2.44. The van der Waals surface area contributed by atoms with Gasteiger partial charge in [0.25, 0.3) is 12.4 Å². The maximum atomic E-state index is 12.6. The SMILES string of the molecule is CN1CCN([C@@H]2C[C@@H]3CN(C(=O)c4ccsc4)C[C@@H]3C[C@H]2O)CC1.O=CO. The molecule has 0 unspecified atom stereocenters. The van der Waals surface area contributed by atoms with Gasteiger partial charge in [-0.15, -0.1) is 0 Å². The summed E-state index contributed by atoms with van der Waals surface area (Å²) in [5.41, 5.74) is 0.815. The second-order valence-corrected chi connectivity index (χ2v) is 8.57. The van der Waals surface area contributed by atoms with Crippen LogP contribution in [0.2, 0.25) is 0 Å². The van der Waals surface area contributed by atoms with Crippen molar-refractivity contribution in [1.82, 2.24) is 14.7 Å². The van der Waals surface area contributed by atoms with Crippen LogP contribution in [-0.4, -0.2) is 95.8 Å². The van der Waals surface area contributed by atoms with E-state index in [4.69, 9.17) is 9.90 Å². The molecule has 7 nitrogen and oxygen atoms in total. The van der Waals surface area contributed by atoms with Crippen molar-refractivity contribution < 1.29 is 19.8 Å². The Hall–Kier alpha value is -1.48. The Morgan fingerprint density at radius 3 is 2.41 bits per heavy atom. The number of rotatable bonds is 2. The van der Waals surface area contributed by atoms with Crippen molar-refractivity contribution in [3.63, 3.8) is 0 Å². The molecule has 2 aliphatic heterocycles. The number of nitrogens with zero attached hydrogens (tertiary/aromatic N) is 3. The maximum absolute atomic E-state index is 12.6. The summed E-state index contributed by atoms with van der Waals surface area (Å²) in [6, 6.07) is 2.19. The van der Waals surface area contributed by atoms with Gasteiger partial charge in [0.05, 0.1) is 11.7 Å². The summed E-state index contributed by atoms with van der Waals surface area (Å²) < 4.78 is 0.